The van der Waals surface area contributed by atoms with Crippen molar-refractivity contribution < 1.29 is 4.79 Å². The van der Waals surface area contributed by atoms with Crippen molar-refractivity contribution in [1.82, 2.24) is 24.5 Å². The SMILES string of the molecule is Cn1nc(-c2ccn(C3CCC3)n2)c2cc(NC(=O)C3CC3)ncc21. The maximum absolute atomic E-state index is 12.0. The molecular weight excluding hydrogens is 316 g/mol. The average Bonchev–Trinajstić information content (AvgIpc) is 3.22. The van der Waals surface area contributed by atoms with Crippen LogP contribution < -0.4 is 5.32 Å². The molecule has 5 rings (SSSR count). The number of aryl methyl sites for hydroxylation is 1. The third kappa shape index (κ3) is 2.50. The second kappa shape index (κ2) is 5.40. The third-order valence-electron chi connectivity index (χ3n) is 5.24. The van der Waals surface area contributed by atoms with Crippen LogP contribution in [0.3, 0.4) is 0 Å². The number of rotatable bonds is 4. The van der Waals surface area contributed by atoms with Gasteiger partial charge in [0.25, 0.3) is 0 Å². The van der Waals surface area contributed by atoms with Crippen LogP contribution in [0.4, 0.5) is 5.82 Å². The molecule has 25 heavy (non-hydrogen) atoms. The highest BCUT2D eigenvalue weighted by atomic mass is 16.2. The lowest BCUT2D eigenvalue weighted by molar-refractivity contribution is -0.117. The topological polar surface area (TPSA) is 77.6 Å². The van der Waals surface area contributed by atoms with Crippen LogP contribution in [0.1, 0.15) is 38.1 Å². The fourth-order valence-electron chi connectivity index (χ4n) is 3.30. The van der Waals surface area contributed by atoms with E-state index in [0.717, 1.165) is 35.1 Å². The van der Waals surface area contributed by atoms with E-state index in [0.29, 0.717) is 11.9 Å². The molecule has 2 aliphatic carbocycles. The first-order valence-corrected chi connectivity index (χ1v) is 8.88. The Labute approximate surface area is 145 Å². The summed E-state index contributed by atoms with van der Waals surface area (Å²) >= 11 is 0. The Morgan fingerprint density at radius 3 is 2.80 bits per heavy atom. The molecule has 7 heteroatoms. The zero-order chi connectivity index (χ0) is 17.0. The summed E-state index contributed by atoms with van der Waals surface area (Å²) in [5, 5.41) is 13.2. The van der Waals surface area contributed by atoms with E-state index in [2.05, 4.69) is 20.1 Å². The molecule has 3 heterocycles. The van der Waals surface area contributed by atoms with Gasteiger partial charge in [0.15, 0.2) is 0 Å². The number of fused-ring (bicyclic) bond motifs is 1. The maximum atomic E-state index is 12.0. The van der Waals surface area contributed by atoms with Crippen LogP contribution in [0, 0.1) is 5.92 Å². The van der Waals surface area contributed by atoms with Gasteiger partial charge in [-0.15, -0.1) is 0 Å². The highest BCUT2D eigenvalue weighted by Gasteiger charge is 2.30. The summed E-state index contributed by atoms with van der Waals surface area (Å²) in [5.41, 5.74) is 2.63. The van der Waals surface area contributed by atoms with Gasteiger partial charge >= 0.3 is 0 Å². The Morgan fingerprint density at radius 1 is 1.24 bits per heavy atom. The van der Waals surface area contributed by atoms with Crippen LogP contribution in [0.2, 0.25) is 0 Å². The summed E-state index contributed by atoms with van der Waals surface area (Å²) in [6, 6.07) is 4.45. The highest BCUT2D eigenvalue weighted by molar-refractivity contribution is 5.97. The van der Waals surface area contributed by atoms with E-state index in [1.54, 1.807) is 6.20 Å². The zero-order valence-electron chi connectivity index (χ0n) is 14.1. The summed E-state index contributed by atoms with van der Waals surface area (Å²) < 4.78 is 3.86. The number of pyridine rings is 1. The van der Waals surface area contributed by atoms with Crippen LogP contribution >= 0.6 is 0 Å². The minimum Gasteiger partial charge on any atom is -0.310 e. The van der Waals surface area contributed by atoms with Crippen molar-refractivity contribution in [2.75, 3.05) is 5.32 Å². The number of nitrogens with one attached hydrogen (secondary N) is 1. The molecule has 1 amide bonds. The van der Waals surface area contributed by atoms with Gasteiger partial charge in [-0.3, -0.25) is 14.2 Å². The lowest BCUT2D eigenvalue weighted by atomic mass is 9.93. The van der Waals surface area contributed by atoms with Gasteiger partial charge in [-0.25, -0.2) is 4.98 Å². The first kappa shape index (κ1) is 14.6. The molecule has 128 valence electrons. The Bertz CT molecular complexity index is 963. The van der Waals surface area contributed by atoms with Crippen molar-refractivity contribution in [3.8, 4) is 11.4 Å². The van der Waals surface area contributed by atoms with E-state index >= 15 is 0 Å². The van der Waals surface area contributed by atoms with E-state index in [-0.39, 0.29) is 11.8 Å². The molecule has 0 bridgehead atoms. The van der Waals surface area contributed by atoms with E-state index < -0.39 is 0 Å². The number of aromatic nitrogens is 5. The van der Waals surface area contributed by atoms with Gasteiger partial charge in [0, 0.05) is 24.5 Å². The van der Waals surface area contributed by atoms with E-state index in [4.69, 9.17) is 5.10 Å². The minimum absolute atomic E-state index is 0.0616. The van der Waals surface area contributed by atoms with Crippen molar-refractivity contribution in [2.24, 2.45) is 13.0 Å². The molecule has 3 aromatic rings. The predicted molar refractivity (Wildman–Crippen MR) is 94.0 cm³/mol. The molecule has 7 nitrogen and oxygen atoms in total. The normalized spacial score (nSPS) is 17.6. The molecule has 0 saturated heterocycles. The zero-order valence-corrected chi connectivity index (χ0v) is 14.1. The number of hydrogen-bond acceptors (Lipinski definition) is 4. The maximum Gasteiger partial charge on any atom is 0.228 e. The first-order chi connectivity index (χ1) is 12.2. The molecule has 2 saturated carbocycles. The standard InChI is InChI=1S/C18H20N6O/c1-23-15-10-19-16(20-18(25)11-5-6-11)9-13(15)17(22-23)14-7-8-24(21-14)12-3-2-4-12/h7-12H,2-6H2,1H3,(H,19,20,25). The molecule has 0 aliphatic heterocycles. The lowest BCUT2D eigenvalue weighted by Crippen LogP contribution is -2.17. The van der Waals surface area contributed by atoms with Gasteiger partial charge in [0.2, 0.25) is 5.91 Å². The molecule has 3 aromatic heterocycles. The largest absolute Gasteiger partial charge is 0.310 e. The van der Waals surface area contributed by atoms with Gasteiger partial charge < -0.3 is 5.32 Å². The summed E-state index contributed by atoms with van der Waals surface area (Å²) in [4.78, 5) is 16.4. The van der Waals surface area contributed by atoms with Crippen LogP contribution in [0.15, 0.2) is 24.5 Å². The summed E-state index contributed by atoms with van der Waals surface area (Å²) in [5.74, 6) is 0.799. The Kier molecular flexibility index (Phi) is 3.16. The van der Waals surface area contributed by atoms with Gasteiger partial charge in [0.05, 0.1) is 17.8 Å². The van der Waals surface area contributed by atoms with Gasteiger partial charge in [-0.05, 0) is 44.2 Å². The van der Waals surface area contributed by atoms with Crippen molar-refractivity contribution in [3.05, 3.63) is 24.5 Å². The Hall–Kier alpha value is -2.70. The van der Waals surface area contributed by atoms with E-state index in [9.17, 15) is 4.79 Å². The summed E-state index contributed by atoms with van der Waals surface area (Å²) in [6.07, 6.45) is 9.43. The predicted octanol–water partition coefficient (Wildman–Crippen LogP) is 2.91. The van der Waals surface area contributed by atoms with E-state index in [1.165, 1.54) is 19.3 Å². The number of anilines is 1. The van der Waals surface area contributed by atoms with Crippen molar-refractivity contribution in [1.29, 1.82) is 0 Å². The van der Waals surface area contributed by atoms with Crippen molar-refractivity contribution >= 4 is 22.6 Å². The molecule has 1 N–H and O–H groups in total. The smallest absolute Gasteiger partial charge is 0.228 e. The molecule has 0 spiro atoms. The number of nitrogens with zero attached hydrogens (tertiary/aromatic N) is 5. The number of carbonyl (C=O) groups excluding carboxylic acids is 1. The molecule has 0 atom stereocenters. The van der Waals surface area contributed by atoms with Crippen LogP contribution in [-0.4, -0.2) is 30.5 Å². The highest BCUT2D eigenvalue weighted by Crippen LogP contribution is 2.34. The first-order valence-electron chi connectivity index (χ1n) is 8.88. The number of hydrogen-bond donors (Lipinski definition) is 1. The molecule has 0 radical (unpaired) electrons. The van der Waals surface area contributed by atoms with Crippen molar-refractivity contribution in [2.45, 2.75) is 38.1 Å². The number of amides is 1. The molecule has 0 unspecified atom stereocenters. The molecule has 0 aromatic carbocycles. The van der Waals surface area contributed by atoms with Crippen molar-refractivity contribution in [3.63, 3.8) is 0 Å². The number of carbonyl (C=O) groups is 1. The fourth-order valence-corrected chi connectivity index (χ4v) is 3.30. The third-order valence-corrected chi connectivity index (χ3v) is 5.24. The minimum atomic E-state index is 0.0616. The summed E-state index contributed by atoms with van der Waals surface area (Å²) in [6.45, 7) is 0. The van der Waals surface area contributed by atoms with E-state index in [1.807, 2.05) is 30.1 Å². The second-order valence-electron chi connectivity index (χ2n) is 7.09. The Balaban J connectivity index is 1.52. The quantitative estimate of drug-likeness (QED) is 0.794. The van der Waals surface area contributed by atoms with Crippen LogP contribution in [0.25, 0.3) is 22.3 Å². The molecular formula is C18H20N6O. The molecule has 2 fully saturated rings. The van der Waals surface area contributed by atoms with Gasteiger partial charge in [-0.1, -0.05) is 0 Å². The summed E-state index contributed by atoms with van der Waals surface area (Å²) in [7, 11) is 1.90. The average molecular weight is 336 g/mol. The Morgan fingerprint density at radius 2 is 2.08 bits per heavy atom. The second-order valence-corrected chi connectivity index (χ2v) is 7.09. The van der Waals surface area contributed by atoms with Gasteiger partial charge in [-0.2, -0.15) is 10.2 Å². The lowest BCUT2D eigenvalue weighted by Gasteiger charge is -2.25. The molecule has 2 aliphatic rings. The van der Waals surface area contributed by atoms with Crippen LogP contribution in [-0.2, 0) is 11.8 Å². The van der Waals surface area contributed by atoms with Crippen LogP contribution in [0.5, 0.6) is 0 Å². The monoisotopic (exact) mass is 336 g/mol. The fraction of sp³-hybridized carbons (Fsp3) is 0.444. The van der Waals surface area contributed by atoms with Gasteiger partial charge in [0.1, 0.15) is 17.2 Å².